The molecule has 1 aliphatic carbocycles. The van der Waals surface area contributed by atoms with E-state index in [0.29, 0.717) is 17.0 Å². The van der Waals surface area contributed by atoms with E-state index >= 15 is 0 Å². The van der Waals surface area contributed by atoms with Crippen LogP contribution in [-0.4, -0.2) is 12.1 Å². The van der Waals surface area contributed by atoms with Crippen LogP contribution in [0.2, 0.25) is 0 Å². The lowest BCUT2D eigenvalue weighted by molar-refractivity contribution is 0.136. The number of benzene rings is 3. The maximum absolute atomic E-state index is 11.5. The molecule has 118 valence electrons. The van der Waals surface area contributed by atoms with E-state index in [1.54, 1.807) is 13.2 Å². The van der Waals surface area contributed by atoms with Crippen molar-refractivity contribution in [2.75, 3.05) is 7.11 Å². The summed E-state index contributed by atoms with van der Waals surface area (Å²) in [6, 6.07) is 20.4. The standard InChI is InChI=1S/C20H15NO3/c1-23-20(13-5-3-2-4-6-13)14-7-9-16-18(11-14)24-19-12-15(22)8-10-17(19)21-16/h2-12,20H,1H3. The molecule has 4 heteroatoms. The first kappa shape index (κ1) is 14.6. The van der Waals surface area contributed by atoms with Gasteiger partial charge in [-0.15, -0.1) is 0 Å². The second-order valence-electron chi connectivity index (χ2n) is 5.60. The van der Waals surface area contributed by atoms with E-state index in [1.165, 1.54) is 12.1 Å². The van der Waals surface area contributed by atoms with Crippen molar-refractivity contribution in [2.24, 2.45) is 0 Å². The summed E-state index contributed by atoms with van der Waals surface area (Å²) in [6.45, 7) is 0. The molecule has 0 radical (unpaired) electrons. The first-order valence-electron chi connectivity index (χ1n) is 7.67. The Balaban J connectivity index is 1.87. The smallest absolute Gasteiger partial charge is 0.182 e. The highest BCUT2D eigenvalue weighted by Crippen LogP contribution is 2.30. The van der Waals surface area contributed by atoms with Crippen LogP contribution in [0.3, 0.4) is 0 Å². The summed E-state index contributed by atoms with van der Waals surface area (Å²) in [5, 5.41) is 0. The van der Waals surface area contributed by atoms with Gasteiger partial charge in [0, 0.05) is 13.2 Å². The first-order valence-corrected chi connectivity index (χ1v) is 7.67. The van der Waals surface area contributed by atoms with Gasteiger partial charge in [0.1, 0.15) is 17.3 Å². The molecule has 1 heterocycles. The maximum atomic E-state index is 11.5. The summed E-state index contributed by atoms with van der Waals surface area (Å²) < 4.78 is 11.5. The molecule has 0 saturated heterocycles. The van der Waals surface area contributed by atoms with Crippen molar-refractivity contribution in [2.45, 2.75) is 6.10 Å². The van der Waals surface area contributed by atoms with E-state index in [1.807, 2.05) is 48.5 Å². The SMILES string of the molecule is COC(c1ccccc1)c1ccc2nc3ccc(=O)cc-3oc2c1. The Labute approximate surface area is 138 Å². The number of rotatable bonds is 3. The van der Waals surface area contributed by atoms with Crippen LogP contribution in [-0.2, 0) is 4.74 Å². The molecule has 4 nitrogen and oxygen atoms in total. The summed E-state index contributed by atoms with van der Waals surface area (Å²) in [4.78, 5) is 16.1. The molecule has 0 amide bonds. The van der Waals surface area contributed by atoms with Gasteiger partial charge < -0.3 is 9.15 Å². The largest absolute Gasteiger partial charge is 0.453 e. The number of nitrogens with zero attached hydrogens (tertiary/aromatic N) is 1. The zero-order chi connectivity index (χ0) is 16.5. The first-order chi connectivity index (χ1) is 11.7. The van der Waals surface area contributed by atoms with Crippen LogP contribution in [0.15, 0.2) is 75.9 Å². The van der Waals surface area contributed by atoms with Crippen molar-refractivity contribution in [3.63, 3.8) is 0 Å². The lowest BCUT2D eigenvalue weighted by atomic mass is 10.0. The Bertz CT molecular complexity index is 1020. The third kappa shape index (κ3) is 2.57. The van der Waals surface area contributed by atoms with Gasteiger partial charge in [0.15, 0.2) is 16.8 Å². The van der Waals surface area contributed by atoms with E-state index in [4.69, 9.17) is 9.15 Å². The van der Waals surface area contributed by atoms with Gasteiger partial charge in [-0.05, 0) is 35.4 Å². The minimum Gasteiger partial charge on any atom is -0.453 e. The second kappa shape index (κ2) is 5.91. The topological polar surface area (TPSA) is 52.3 Å². The average Bonchev–Trinajstić information content (AvgIpc) is 2.61. The van der Waals surface area contributed by atoms with E-state index in [2.05, 4.69) is 4.98 Å². The van der Waals surface area contributed by atoms with Crippen LogP contribution in [0.5, 0.6) is 0 Å². The van der Waals surface area contributed by atoms with Gasteiger partial charge in [0.25, 0.3) is 0 Å². The highest BCUT2D eigenvalue weighted by molar-refractivity contribution is 5.77. The Kier molecular flexibility index (Phi) is 3.59. The molecular weight excluding hydrogens is 302 g/mol. The van der Waals surface area contributed by atoms with Gasteiger partial charge in [-0.25, -0.2) is 4.98 Å². The van der Waals surface area contributed by atoms with E-state index < -0.39 is 0 Å². The number of fused-ring (bicyclic) bond motifs is 2. The Morgan fingerprint density at radius 1 is 0.958 bits per heavy atom. The van der Waals surface area contributed by atoms with Crippen LogP contribution in [0.25, 0.3) is 22.6 Å². The molecule has 2 aromatic rings. The van der Waals surface area contributed by atoms with Gasteiger partial charge in [0.2, 0.25) is 0 Å². The van der Waals surface area contributed by atoms with E-state index in [9.17, 15) is 4.79 Å². The zero-order valence-electron chi connectivity index (χ0n) is 13.1. The van der Waals surface area contributed by atoms with Crippen LogP contribution in [0, 0.1) is 0 Å². The number of ether oxygens (including phenoxy) is 1. The quantitative estimate of drug-likeness (QED) is 0.535. The molecular formula is C20H15NO3. The van der Waals surface area contributed by atoms with Crippen molar-refractivity contribution in [1.82, 2.24) is 4.98 Å². The van der Waals surface area contributed by atoms with Gasteiger partial charge >= 0.3 is 0 Å². The van der Waals surface area contributed by atoms with E-state index in [0.717, 1.165) is 16.6 Å². The van der Waals surface area contributed by atoms with Gasteiger partial charge in [-0.1, -0.05) is 36.4 Å². The van der Waals surface area contributed by atoms with Crippen molar-refractivity contribution < 1.29 is 9.15 Å². The van der Waals surface area contributed by atoms with Crippen LogP contribution in [0.4, 0.5) is 0 Å². The molecule has 2 aliphatic rings. The van der Waals surface area contributed by atoms with Crippen LogP contribution in [0.1, 0.15) is 17.2 Å². The Morgan fingerprint density at radius 2 is 1.79 bits per heavy atom. The fraction of sp³-hybridized carbons (Fsp3) is 0.100. The number of methoxy groups -OCH3 is 1. The lowest BCUT2D eigenvalue weighted by Crippen LogP contribution is -2.04. The second-order valence-corrected chi connectivity index (χ2v) is 5.60. The third-order valence-electron chi connectivity index (χ3n) is 4.02. The molecule has 1 unspecified atom stereocenters. The fourth-order valence-corrected chi connectivity index (χ4v) is 2.88. The molecule has 1 aliphatic heterocycles. The highest BCUT2D eigenvalue weighted by atomic mass is 16.5. The number of aromatic nitrogens is 1. The fourth-order valence-electron chi connectivity index (χ4n) is 2.88. The molecule has 0 aromatic heterocycles. The van der Waals surface area contributed by atoms with Gasteiger partial charge in [0.05, 0.1) is 0 Å². The van der Waals surface area contributed by atoms with Crippen LogP contribution < -0.4 is 5.43 Å². The molecule has 2 aromatic carbocycles. The summed E-state index contributed by atoms with van der Waals surface area (Å²) in [6.07, 6.45) is -0.188. The Morgan fingerprint density at radius 3 is 2.58 bits per heavy atom. The molecule has 0 saturated carbocycles. The normalized spacial score (nSPS) is 12.5. The zero-order valence-corrected chi connectivity index (χ0v) is 13.1. The lowest BCUT2D eigenvalue weighted by Gasteiger charge is -2.16. The highest BCUT2D eigenvalue weighted by Gasteiger charge is 2.15. The molecule has 0 N–H and O–H groups in total. The predicted octanol–water partition coefficient (Wildman–Crippen LogP) is 4.03. The molecule has 24 heavy (non-hydrogen) atoms. The molecule has 1 atom stereocenters. The molecule has 0 spiro atoms. The van der Waals surface area contributed by atoms with Crippen molar-refractivity contribution >= 4 is 11.1 Å². The third-order valence-corrected chi connectivity index (χ3v) is 4.02. The summed E-state index contributed by atoms with van der Waals surface area (Å²) in [5.41, 5.74) is 3.98. The summed E-state index contributed by atoms with van der Waals surface area (Å²) in [5.74, 6) is 0.487. The average molecular weight is 317 g/mol. The minimum atomic E-state index is -0.188. The number of hydrogen-bond donors (Lipinski definition) is 0. The van der Waals surface area contributed by atoms with Gasteiger partial charge in [-0.2, -0.15) is 0 Å². The predicted molar refractivity (Wildman–Crippen MR) is 92.2 cm³/mol. The number of hydrogen-bond acceptors (Lipinski definition) is 4. The van der Waals surface area contributed by atoms with E-state index in [-0.39, 0.29) is 11.5 Å². The van der Waals surface area contributed by atoms with Crippen molar-refractivity contribution in [1.29, 1.82) is 0 Å². The Hall–Kier alpha value is -2.98. The van der Waals surface area contributed by atoms with Crippen molar-refractivity contribution in [3.05, 3.63) is 88.1 Å². The molecule has 4 rings (SSSR count). The van der Waals surface area contributed by atoms with Crippen LogP contribution >= 0.6 is 0 Å². The minimum absolute atomic E-state index is 0.0948. The summed E-state index contributed by atoms with van der Waals surface area (Å²) >= 11 is 0. The molecule has 0 fully saturated rings. The monoisotopic (exact) mass is 317 g/mol. The maximum Gasteiger partial charge on any atom is 0.182 e. The van der Waals surface area contributed by atoms with Gasteiger partial charge in [-0.3, -0.25) is 4.79 Å². The molecule has 0 bridgehead atoms. The summed E-state index contributed by atoms with van der Waals surface area (Å²) in [7, 11) is 1.68. The van der Waals surface area contributed by atoms with Crippen molar-refractivity contribution in [3.8, 4) is 11.5 Å².